The number of nitrogens with zero attached hydrogens (tertiary/aromatic N) is 7. The number of anilines is 2. The minimum Gasteiger partial charge on any atom is -0.477 e. The van der Waals surface area contributed by atoms with Gasteiger partial charge < -0.3 is 25.9 Å². The minimum absolute atomic E-state index is 0.00234. The first-order chi connectivity index (χ1) is 24.5. The van der Waals surface area contributed by atoms with Crippen molar-refractivity contribution in [2.45, 2.75) is 43.9 Å². The highest BCUT2D eigenvalue weighted by Crippen LogP contribution is 2.40. The van der Waals surface area contributed by atoms with Crippen molar-refractivity contribution in [3.8, 4) is 0 Å². The lowest BCUT2D eigenvalue weighted by atomic mass is 10.0. The molecule has 3 aromatic rings. The van der Waals surface area contributed by atoms with Crippen molar-refractivity contribution in [3.63, 3.8) is 0 Å². The van der Waals surface area contributed by atoms with E-state index in [1.807, 2.05) is 31.5 Å². The molecule has 4 aliphatic rings. The lowest BCUT2D eigenvalue weighted by Gasteiger charge is -2.49. The molecule has 51 heavy (non-hydrogen) atoms. The average molecular weight is 760 g/mol. The van der Waals surface area contributed by atoms with Crippen LogP contribution in [0.4, 0.5) is 15.3 Å². The first kappa shape index (κ1) is 34.7. The second-order valence-electron chi connectivity index (χ2n) is 12.2. The Morgan fingerprint density at radius 1 is 1.22 bits per heavy atom. The van der Waals surface area contributed by atoms with Gasteiger partial charge in [-0.2, -0.15) is 0 Å². The fourth-order valence-corrected chi connectivity index (χ4v) is 8.87. The van der Waals surface area contributed by atoms with E-state index in [0.717, 1.165) is 43.1 Å². The van der Waals surface area contributed by atoms with Crippen molar-refractivity contribution in [3.05, 3.63) is 68.7 Å². The molecule has 7 rings (SSSR count). The van der Waals surface area contributed by atoms with E-state index in [9.17, 15) is 24.3 Å². The Balaban J connectivity index is 1.03. The topological polar surface area (TPSA) is 192 Å². The summed E-state index contributed by atoms with van der Waals surface area (Å²) in [5.41, 5.74) is 9.35. The van der Waals surface area contributed by atoms with Crippen molar-refractivity contribution in [1.29, 1.82) is 0 Å². The van der Waals surface area contributed by atoms with E-state index in [0.29, 0.717) is 24.2 Å². The number of carbonyl (C=O) groups is 4. The maximum absolute atomic E-state index is 15.2. The molecule has 0 spiro atoms. The maximum Gasteiger partial charge on any atom is 0.352 e. The predicted molar refractivity (Wildman–Crippen MR) is 185 cm³/mol. The van der Waals surface area contributed by atoms with Gasteiger partial charge in [0.15, 0.2) is 29.4 Å². The van der Waals surface area contributed by atoms with E-state index >= 15 is 4.39 Å². The van der Waals surface area contributed by atoms with Gasteiger partial charge in [0.05, 0.1) is 12.6 Å². The fraction of sp³-hybridized carbons (Fsp3) is 0.387. The van der Waals surface area contributed by atoms with Gasteiger partial charge in [0, 0.05) is 48.6 Å². The van der Waals surface area contributed by atoms with Crippen molar-refractivity contribution in [1.82, 2.24) is 30.3 Å². The Hall–Kier alpha value is -4.72. The van der Waals surface area contributed by atoms with E-state index in [1.54, 1.807) is 12.1 Å². The van der Waals surface area contributed by atoms with E-state index in [4.69, 9.17) is 22.2 Å². The van der Waals surface area contributed by atoms with Gasteiger partial charge in [0.25, 0.3) is 17.7 Å². The summed E-state index contributed by atoms with van der Waals surface area (Å²) >= 11 is 8.44. The maximum atomic E-state index is 15.2. The molecule has 1 aromatic carbocycles. The molecular weight excluding hydrogens is 727 g/mol. The number of carbonyl (C=O) groups excluding carboxylic acids is 3. The zero-order valence-corrected chi connectivity index (χ0v) is 29.6. The number of hydrogen-bond donors (Lipinski definition) is 4. The number of β-lactam (4-membered cyclic amide) rings is 1. The number of carboxylic acids is 1. The molecule has 2 atom stereocenters. The largest absolute Gasteiger partial charge is 0.477 e. The molecule has 0 aliphatic carbocycles. The summed E-state index contributed by atoms with van der Waals surface area (Å²) in [4.78, 5) is 63.7. The summed E-state index contributed by atoms with van der Waals surface area (Å²) in [5.74, 6) is -2.33. The summed E-state index contributed by atoms with van der Waals surface area (Å²) in [6, 6.07) is 5.37. The second kappa shape index (κ2) is 14.1. The number of benzene rings is 1. The van der Waals surface area contributed by atoms with Crippen molar-refractivity contribution >= 4 is 75.1 Å². The van der Waals surface area contributed by atoms with Gasteiger partial charge >= 0.3 is 5.97 Å². The van der Waals surface area contributed by atoms with Crippen molar-refractivity contribution < 1.29 is 38.2 Å². The van der Waals surface area contributed by atoms with E-state index < -0.39 is 35.0 Å². The molecule has 2 fully saturated rings. The standard InChI is InChI=1S/C31H32ClFN10O6S2/c1-49-38-22(21-25(32)51-31(34)36-21)27(45)35-23-28(46)43-24(30(47)48)18(15-50-29(23)43)14-41-9-6-20-39(10-11-42(20)41)13-17-5-4-16(12-19(17)33)26(44)37-40-7-2-3-8-40/h4-6,9,12,23,29H,2-3,7-8,10-11,13-15H2,1H3,(H4-,34,35,36,37,44,45,47,48)/p+1/b38-22-/t23-,29-/m1/s1. The van der Waals surface area contributed by atoms with Gasteiger partial charge in [-0.15, -0.1) is 21.1 Å². The second-order valence-corrected chi connectivity index (χ2v) is 14.9. The zero-order valence-electron chi connectivity index (χ0n) is 27.2. The first-order valence-corrected chi connectivity index (χ1v) is 18.2. The Kier molecular flexibility index (Phi) is 9.62. The molecule has 20 heteroatoms. The van der Waals surface area contributed by atoms with Crippen molar-refractivity contribution in [2.24, 2.45) is 5.16 Å². The molecule has 0 bridgehead atoms. The monoisotopic (exact) mass is 759 g/mol. The number of oxime groups is 1. The number of fused-ring (bicyclic) bond motifs is 2. The Morgan fingerprint density at radius 3 is 2.69 bits per heavy atom. The number of thiazole rings is 1. The van der Waals surface area contributed by atoms with Crippen LogP contribution in [0.5, 0.6) is 0 Å². The molecule has 2 saturated heterocycles. The number of nitrogens with one attached hydrogen (secondary N) is 2. The van der Waals surface area contributed by atoms with Crippen LogP contribution in [-0.4, -0.2) is 98.0 Å². The smallest absolute Gasteiger partial charge is 0.352 e. The van der Waals surface area contributed by atoms with E-state index in [2.05, 4.69) is 20.9 Å². The number of amides is 3. The predicted octanol–water partition coefficient (Wildman–Crippen LogP) is 1.16. The number of carboxylic acid groups (broad SMARTS) is 1. The number of hydrazine groups is 1. The van der Waals surface area contributed by atoms with Crippen LogP contribution in [0.3, 0.4) is 0 Å². The zero-order chi connectivity index (χ0) is 36.0. The minimum atomic E-state index is -1.26. The Morgan fingerprint density at radius 2 is 2.00 bits per heavy atom. The van der Waals surface area contributed by atoms with Gasteiger partial charge in [-0.1, -0.05) is 34.2 Å². The molecule has 2 aromatic heterocycles. The quantitative estimate of drug-likeness (QED) is 0.0950. The van der Waals surface area contributed by atoms with Crippen molar-refractivity contribution in [2.75, 3.05) is 43.1 Å². The third kappa shape index (κ3) is 6.61. The van der Waals surface area contributed by atoms with Gasteiger partial charge in [-0.25, -0.2) is 19.2 Å². The normalized spacial score (nSPS) is 20.3. The highest BCUT2D eigenvalue weighted by molar-refractivity contribution is 8.00. The van der Waals surface area contributed by atoms with Crippen LogP contribution in [-0.2, 0) is 38.9 Å². The van der Waals surface area contributed by atoms with Crippen LogP contribution in [0.1, 0.15) is 34.5 Å². The van der Waals surface area contributed by atoms with Crippen LogP contribution < -0.4 is 26.1 Å². The molecule has 0 saturated carbocycles. The number of hydrogen-bond acceptors (Lipinski definition) is 12. The highest BCUT2D eigenvalue weighted by atomic mass is 35.5. The molecular formula is C31H33ClFN10O6S2+. The van der Waals surface area contributed by atoms with Gasteiger partial charge in [0.2, 0.25) is 0 Å². The van der Waals surface area contributed by atoms with Gasteiger partial charge in [-0.3, -0.25) is 24.7 Å². The summed E-state index contributed by atoms with van der Waals surface area (Å²) in [6.07, 6.45) is 3.84. The number of thioether (sulfide) groups is 1. The average Bonchev–Trinajstić information content (AvgIpc) is 3.91. The van der Waals surface area contributed by atoms with Crippen LogP contribution in [0.15, 0.2) is 46.9 Å². The summed E-state index contributed by atoms with van der Waals surface area (Å²) in [6.45, 7) is 3.19. The van der Waals surface area contributed by atoms with Gasteiger partial charge in [-0.05, 0) is 25.0 Å². The Labute approximate surface area is 303 Å². The molecule has 6 heterocycles. The molecule has 268 valence electrons. The molecule has 4 aliphatic heterocycles. The number of halogens is 2. The summed E-state index contributed by atoms with van der Waals surface area (Å²) in [5, 5.41) is 17.9. The number of aliphatic carboxylic acids is 1. The molecule has 0 radical (unpaired) electrons. The third-order valence-corrected chi connectivity index (χ3v) is 11.5. The lowest BCUT2D eigenvalue weighted by molar-refractivity contribution is -0.766. The van der Waals surface area contributed by atoms with Gasteiger partial charge in [0.1, 0.15) is 40.1 Å². The van der Waals surface area contributed by atoms with Crippen LogP contribution in [0.25, 0.3) is 0 Å². The highest BCUT2D eigenvalue weighted by Gasteiger charge is 2.55. The number of nitrogens with two attached hydrogens (primary N) is 1. The third-order valence-electron chi connectivity index (χ3n) is 9.03. The molecule has 5 N–H and O–H groups in total. The van der Waals surface area contributed by atoms with E-state index in [1.165, 1.54) is 29.8 Å². The van der Waals surface area contributed by atoms with E-state index in [-0.39, 0.29) is 56.9 Å². The summed E-state index contributed by atoms with van der Waals surface area (Å²) in [7, 11) is 1.24. The van der Waals surface area contributed by atoms with Crippen LogP contribution >= 0.6 is 34.7 Å². The number of rotatable bonds is 11. The molecule has 3 amide bonds. The molecule has 0 unspecified atom stereocenters. The number of nitrogen functional groups attached to an aromatic ring is 1. The molecule has 16 nitrogen and oxygen atoms in total. The summed E-state index contributed by atoms with van der Waals surface area (Å²) < 4.78 is 19.1. The fourth-order valence-electron chi connectivity index (χ4n) is 6.61. The van der Waals surface area contributed by atoms with Crippen LogP contribution in [0, 0.1) is 5.82 Å². The SMILES string of the molecule is CO/N=C(\C(=O)N[C@@H]1C(=O)N2C(C(=O)O)=C(C[n+]3ccc4n3CCN4Cc3ccc(C(=O)NN4CCCC4)cc3F)CS[C@H]12)c1nc(N)sc1Cl. The number of aromatic nitrogens is 3. The van der Waals surface area contributed by atoms with Crippen LogP contribution in [0.2, 0.25) is 4.34 Å². The first-order valence-electron chi connectivity index (χ1n) is 16.0. The lowest BCUT2D eigenvalue weighted by Crippen LogP contribution is -2.71. The Bertz CT molecular complexity index is 2000.